The lowest BCUT2D eigenvalue weighted by molar-refractivity contribution is -0.105. The summed E-state index contributed by atoms with van der Waals surface area (Å²) < 4.78 is 5.82. The third kappa shape index (κ3) is 2.82. The fraction of sp³-hybridized carbons (Fsp3) is 0.462. The third-order valence-electron chi connectivity index (χ3n) is 2.55. The minimum Gasteiger partial charge on any atom is -0.487 e. The van der Waals surface area contributed by atoms with E-state index in [-0.39, 0.29) is 5.60 Å². The molecule has 0 radical (unpaired) electrons. The van der Waals surface area contributed by atoms with Crippen molar-refractivity contribution < 1.29 is 9.53 Å². The predicted octanol–water partition coefficient (Wildman–Crippen LogP) is 3.16. The lowest BCUT2D eigenvalue weighted by Crippen LogP contribution is -2.28. The van der Waals surface area contributed by atoms with Crippen LogP contribution in [-0.4, -0.2) is 11.9 Å². The van der Waals surface area contributed by atoms with Crippen molar-refractivity contribution in [3.63, 3.8) is 0 Å². The SMILES string of the molecule is C=CC=C(C=O)C1=C(C)CCC(C)(C)O1. The van der Waals surface area contributed by atoms with Crippen LogP contribution < -0.4 is 0 Å². The number of carbonyl (C=O) groups is 1. The van der Waals surface area contributed by atoms with Gasteiger partial charge < -0.3 is 4.74 Å². The van der Waals surface area contributed by atoms with Crippen molar-refractivity contribution in [1.82, 2.24) is 0 Å². The maximum atomic E-state index is 10.9. The Labute approximate surface area is 91.3 Å². The minimum absolute atomic E-state index is 0.182. The molecule has 1 aliphatic rings. The molecule has 0 N–H and O–H groups in total. The Bertz CT molecular complexity index is 332. The van der Waals surface area contributed by atoms with Gasteiger partial charge in [-0.15, -0.1) is 0 Å². The molecular weight excluding hydrogens is 188 g/mol. The van der Waals surface area contributed by atoms with E-state index < -0.39 is 0 Å². The van der Waals surface area contributed by atoms with Crippen LogP contribution in [0.4, 0.5) is 0 Å². The van der Waals surface area contributed by atoms with Gasteiger partial charge in [0.1, 0.15) is 11.4 Å². The highest BCUT2D eigenvalue weighted by Gasteiger charge is 2.28. The Morgan fingerprint density at radius 3 is 2.73 bits per heavy atom. The molecule has 0 atom stereocenters. The van der Waals surface area contributed by atoms with Crippen LogP contribution in [0.5, 0.6) is 0 Å². The van der Waals surface area contributed by atoms with Gasteiger partial charge in [0, 0.05) is 0 Å². The molecule has 15 heavy (non-hydrogen) atoms. The first-order valence-electron chi connectivity index (χ1n) is 5.17. The van der Waals surface area contributed by atoms with E-state index in [1.54, 1.807) is 12.2 Å². The van der Waals surface area contributed by atoms with Crippen molar-refractivity contribution in [3.05, 3.63) is 35.6 Å². The highest BCUT2D eigenvalue weighted by Crippen LogP contribution is 2.33. The van der Waals surface area contributed by atoms with E-state index in [9.17, 15) is 4.79 Å². The van der Waals surface area contributed by atoms with Crippen molar-refractivity contribution in [2.75, 3.05) is 0 Å². The van der Waals surface area contributed by atoms with Crippen LogP contribution in [-0.2, 0) is 9.53 Å². The first-order valence-corrected chi connectivity index (χ1v) is 5.17. The van der Waals surface area contributed by atoms with Gasteiger partial charge in [-0.2, -0.15) is 0 Å². The number of hydrogen-bond acceptors (Lipinski definition) is 2. The topological polar surface area (TPSA) is 26.3 Å². The molecule has 1 rings (SSSR count). The monoisotopic (exact) mass is 206 g/mol. The number of carbonyl (C=O) groups excluding carboxylic acids is 1. The Morgan fingerprint density at radius 2 is 2.20 bits per heavy atom. The van der Waals surface area contributed by atoms with Crippen LogP contribution in [0.2, 0.25) is 0 Å². The van der Waals surface area contributed by atoms with E-state index in [0.717, 1.165) is 30.5 Å². The number of rotatable bonds is 3. The van der Waals surface area contributed by atoms with Crippen LogP contribution in [0, 0.1) is 0 Å². The Hall–Kier alpha value is -1.31. The first kappa shape index (κ1) is 11.8. The summed E-state index contributed by atoms with van der Waals surface area (Å²) in [5, 5.41) is 0. The van der Waals surface area contributed by atoms with Gasteiger partial charge in [0.25, 0.3) is 0 Å². The molecule has 0 aliphatic carbocycles. The normalized spacial score (nSPS) is 20.9. The largest absolute Gasteiger partial charge is 0.487 e. The van der Waals surface area contributed by atoms with Gasteiger partial charge in [0.05, 0.1) is 5.57 Å². The zero-order valence-corrected chi connectivity index (χ0v) is 9.67. The molecule has 0 aromatic carbocycles. The number of allylic oxidation sites excluding steroid dienone is 4. The van der Waals surface area contributed by atoms with E-state index in [1.807, 2.05) is 20.8 Å². The van der Waals surface area contributed by atoms with Crippen LogP contribution >= 0.6 is 0 Å². The fourth-order valence-electron chi connectivity index (χ4n) is 1.62. The Kier molecular flexibility index (Phi) is 3.51. The number of ether oxygens (including phenoxy) is 1. The predicted molar refractivity (Wildman–Crippen MR) is 61.4 cm³/mol. The standard InChI is InChI=1S/C13H18O2/c1-5-6-11(9-14)12-10(2)7-8-13(3,4)15-12/h5-6,9H,1,7-8H2,2-4H3. The molecule has 1 aliphatic heterocycles. The molecule has 82 valence electrons. The highest BCUT2D eigenvalue weighted by atomic mass is 16.5. The van der Waals surface area contributed by atoms with E-state index in [4.69, 9.17) is 4.74 Å². The molecule has 0 bridgehead atoms. The molecular formula is C13H18O2. The zero-order chi connectivity index (χ0) is 11.5. The molecule has 1 heterocycles. The van der Waals surface area contributed by atoms with Crippen LogP contribution in [0.3, 0.4) is 0 Å². The molecule has 0 fully saturated rings. The van der Waals surface area contributed by atoms with Crippen LogP contribution in [0.1, 0.15) is 33.6 Å². The molecule has 2 heteroatoms. The second-order valence-electron chi connectivity index (χ2n) is 4.45. The van der Waals surface area contributed by atoms with E-state index >= 15 is 0 Å². The molecule has 2 nitrogen and oxygen atoms in total. The second kappa shape index (κ2) is 4.47. The number of hydrogen-bond donors (Lipinski definition) is 0. The van der Waals surface area contributed by atoms with Crippen molar-refractivity contribution >= 4 is 6.29 Å². The lowest BCUT2D eigenvalue weighted by Gasteiger charge is -2.33. The van der Waals surface area contributed by atoms with Gasteiger partial charge in [0.15, 0.2) is 6.29 Å². The average Bonchev–Trinajstić information content (AvgIpc) is 2.18. The number of aldehydes is 1. The summed E-state index contributed by atoms with van der Waals surface area (Å²) in [5.74, 6) is 0.723. The third-order valence-corrected chi connectivity index (χ3v) is 2.55. The van der Waals surface area contributed by atoms with Gasteiger partial charge >= 0.3 is 0 Å². The maximum absolute atomic E-state index is 10.9. The zero-order valence-electron chi connectivity index (χ0n) is 9.67. The fourth-order valence-corrected chi connectivity index (χ4v) is 1.62. The summed E-state index contributed by atoms with van der Waals surface area (Å²) in [6.07, 6.45) is 6.08. The van der Waals surface area contributed by atoms with E-state index in [2.05, 4.69) is 6.58 Å². The average molecular weight is 206 g/mol. The smallest absolute Gasteiger partial charge is 0.153 e. The second-order valence-corrected chi connectivity index (χ2v) is 4.45. The quantitative estimate of drug-likeness (QED) is 0.403. The summed E-state index contributed by atoms with van der Waals surface area (Å²) in [7, 11) is 0. The molecule has 0 spiro atoms. The lowest BCUT2D eigenvalue weighted by atomic mass is 9.93. The van der Waals surface area contributed by atoms with Crippen LogP contribution in [0.25, 0.3) is 0 Å². The summed E-state index contributed by atoms with van der Waals surface area (Å²) in [6.45, 7) is 9.67. The molecule has 0 saturated carbocycles. The van der Waals surface area contributed by atoms with Crippen molar-refractivity contribution in [1.29, 1.82) is 0 Å². The van der Waals surface area contributed by atoms with Gasteiger partial charge in [-0.25, -0.2) is 0 Å². The molecule has 0 unspecified atom stereocenters. The first-order chi connectivity index (χ1) is 7.00. The van der Waals surface area contributed by atoms with Gasteiger partial charge in [-0.3, -0.25) is 4.79 Å². The highest BCUT2D eigenvalue weighted by molar-refractivity contribution is 5.80. The van der Waals surface area contributed by atoms with Gasteiger partial charge in [-0.05, 0) is 45.3 Å². The van der Waals surface area contributed by atoms with Gasteiger partial charge in [0.2, 0.25) is 0 Å². The Balaban J connectivity index is 3.05. The maximum Gasteiger partial charge on any atom is 0.153 e. The van der Waals surface area contributed by atoms with Gasteiger partial charge in [-0.1, -0.05) is 12.7 Å². The van der Waals surface area contributed by atoms with Crippen molar-refractivity contribution in [2.45, 2.75) is 39.2 Å². The van der Waals surface area contributed by atoms with Crippen molar-refractivity contribution in [3.8, 4) is 0 Å². The van der Waals surface area contributed by atoms with E-state index in [0.29, 0.717) is 5.57 Å². The van der Waals surface area contributed by atoms with Crippen molar-refractivity contribution in [2.24, 2.45) is 0 Å². The summed E-state index contributed by atoms with van der Waals surface area (Å²) in [4.78, 5) is 10.9. The molecule has 0 saturated heterocycles. The van der Waals surface area contributed by atoms with E-state index in [1.165, 1.54) is 0 Å². The summed E-state index contributed by atoms with van der Waals surface area (Å²) in [5.41, 5.74) is 1.53. The summed E-state index contributed by atoms with van der Waals surface area (Å²) in [6, 6.07) is 0. The Morgan fingerprint density at radius 1 is 1.53 bits per heavy atom. The molecule has 0 amide bonds. The molecule has 0 aromatic heterocycles. The minimum atomic E-state index is -0.182. The summed E-state index contributed by atoms with van der Waals surface area (Å²) >= 11 is 0. The molecule has 0 aromatic rings. The van der Waals surface area contributed by atoms with Crippen LogP contribution in [0.15, 0.2) is 35.6 Å².